The maximum absolute atomic E-state index is 14.0. The smallest absolute Gasteiger partial charge is 0.407 e. The van der Waals surface area contributed by atoms with E-state index < -0.39 is 24.3 Å². The van der Waals surface area contributed by atoms with Gasteiger partial charge in [0.05, 0.1) is 35.9 Å². The maximum Gasteiger partial charge on any atom is 0.407 e. The summed E-state index contributed by atoms with van der Waals surface area (Å²) in [6.07, 6.45) is 6.96. The second kappa shape index (κ2) is 18.8. The normalized spacial score (nSPS) is 20.6. The molecule has 0 aliphatic carbocycles. The van der Waals surface area contributed by atoms with Crippen molar-refractivity contribution >= 4 is 24.0 Å². The summed E-state index contributed by atoms with van der Waals surface area (Å²) in [6, 6.07) is 13.7. The third-order valence-corrected chi connectivity index (χ3v) is 13.0. The summed E-state index contributed by atoms with van der Waals surface area (Å²) < 4.78 is 11.0. The largest absolute Gasteiger partial charge is 0.465 e. The van der Waals surface area contributed by atoms with Gasteiger partial charge in [-0.05, 0) is 98.6 Å². The standard InChI is InChI=1S/C46H54N8O8/c1-51(45(57)58)39(33-17-23-61-24-18-33)43(55)53-21-3-5-37(53)41-47-27-35(49-41)31-13-9-29(10-14-31)7-8-30-11-15-32(16-12-30)36-28-48-42(50-36)38-6-4-22-54(38)44(56)40(52(2)46(59)60)34-19-25-62-26-20-34/h9-16,27-28,33-34,37-40H,3-6,17-26H2,1-2H3,(H,47,49)(H,48,50)(H,57,58)(H,59,60)/t37-,38-,39-,40-/m0/s1. The zero-order valence-corrected chi connectivity index (χ0v) is 35.2. The van der Waals surface area contributed by atoms with Gasteiger partial charge in [0.1, 0.15) is 23.7 Å². The van der Waals surface area contributed by atoms with Gasteiger partial charge in [-0.1, -0.05) is 36.1 Å². The van der Waals surface area contributed by atoms with Gasteiger partial charge in [-0.15, -0.1) is 0 Å². The van der Waals surface area contributed by atoms with E-state index in [0.717, 1.165) is 69.1 Å². The second-order valence-corrected chi connectivity index (χ2v) is 16.7. The highest BCUT2D eigenvalue weighted by Gasteiger charge is 2.44. The van der Waals surface area contributed by atoms with Crippen LogP contribution in [0.1, 0.15) is 86.2 Å². The highest BCUT2D eigenvalue weighted by atomic mass is 16.5. The number of nitrogens with zero attached hydrogens (tertiary/aromatic N) is 6. The van der Waals surface area contributed by atoms with E-state index >= 15 is 0 Å². The molecule has 8 rings (SSSR count). The molecule has 4 aliphatic heterocycles. The number of carbonyl (C=O) groups excluding carboxylic acids is 2. The Kier molecular flexibility index (Phi) is 12.9. The van der Waals surface area contributed by atoms with Crippen molar-refractivity contribution in [2.24, 2.45) is 11.8 Å². The Bertz CT molecular complexity index is 2130. The number of nitrogens with one attached hydrogen (secondary N) is 2. The molecule has 16 nitrogen and oxygen atoms in total. The van der Waals surface area contributed by atoms with Gasteiger partial charge in [-0.25, -0.2) is 19.6 Å². The molecule has 16 heteroatoms. The number of benzene rings is 2. The number of ether oxygens (including phenoxy) is 2. The maximum atomic E-state index is 14.0. The molecule has 0 spiro atoms. The number of aromatic nitrogens is 4. The van der Waals surface area contributed by atoms with Crippen LogP contribution in [0, 0.1) is 23.7 Å². The number of carbonyl (C=O) groups is 4. The van der Waals surface area contributed by atoms with Crippen LogP contribution in [-0.4, -0.2) is 139 Å². The molecule has 0 unspecified atom stereocenters. The number of imidazole rings is 2. The number of likely N-dealkylation sites (N-methyl/N-ethyl adjacent to an activating group) is 2. The molecular weight excluding hydrogens is 793 g/mol. The third kappa shape index (κ3) is 9.05. The lowest BCUT2D eigenvalue weighted by molar-refractivity contribution is -0.141. The first-order valence-corrected chi connectivity index (χ1v) is 21.6. The van der Waals surface area contributed by atoms with Gasteiger partial charge in [-0.3, -0.25) is 19.4 Å². The molecule has 62 heavy (non-hydrogen) atoms. The monoisotopic (exact) mass is 846 g/mol. The lowest BCUT2D eigenvalue weighted by Crippen LogP contribution is -2.53. The van der Waals surface area contributed by atoms with Gasteiger partial charge < -0.3 is 39.5 Å². The molecule has 4 aliphatic rings. The van der Waals surface area contributed by atoms with Crippen LogP contribution in [0.2, 0.25) is 0 Å². The van der Waals surface area contributed by atoms with Crippen LogP contribution in [0.4, 0.5) is 9.59 Å². The fourth-order valence-electron chi connectivity index (χ4n) is 9.55. The number of amides is 4. The molecule has 4 aromatic rings. The van der Waals surface area contributed by atoms with E-state index in [9.17, 15) is 29.4 Å². The molecule has 0 radical (unpaired) electrons. The Hall–Kier alpha value is -6.18. The van der Waals surface area contributed by atoms with E-state index in [4.69, 9.17) is 9.47 Å². The fourth-order valence-corrected chi connectivity index (χ4v) is 9.55. The summed E-state index contributed by atoms with van der Waals surface area (Å²) in [5, 5.41) is 19.6. The van der Waals surface area contributed by atoms with Crippen LogP contribution < -0.4 is 0 Å². The zero-order valence-electron chi connectivity index (χ0n) is 35.2. The summed E-state index contributed by atoms with van der Waals surface area (Å²) in [6.45, 7) is 3.16. The predicted molar refractivity (Wildman–Crippen MR) is 228 cm³/mol. The van der Waals surface area contributed by atoms with Crippen molar-refractivity contribution in [3.8, 4) is 34.4 Å². The van der Waals surface area contributed by atoms with Crippen LogP contribution in [0.15, 0.2) is 60.9 Å². The number of hydrogen-bond donors (Lipinski definition) is 4. The SMILES string of the molecule is CN(C(=O)O)[C@H](C(=O)N1CCC[C@H]1c1ncc(-c2ccc(C#Cc3ccc(-c4cnc([C@@H]5CCCN5C(=O)[C@H](C5CCOCC5)N(C)C(=O)O)[nH]4)cc3)cc2)[nH]1)C1CCOCC1. The van der Waals surface area contributed by atoms with E-state index in [0.29, 0.717) is 76.8 Å². The van der Waals surface area contributed by atoms with Crippen molar-refractivity contribution in [2.45, 2.75) is 75.5 Å². The predicted octanol–water partition coefficient (Wildman–Crippen LogP) is 6.00. The first kappa shape index (κ1) is 42.5. The van der Waals surface area contributed by atoms with Crippen molar-refractivity contribution in [2.75, 3.05) is 53.6 Å². The number of carboxylic acid groups (broad SMARTS) is 2. The average molecular weight is 847 g/mol. The number of H-pyrrole nitrogens is 2. The molecule has 4 amide bonds. The van der Waals surface area contributed by atoms with Crippen molar-refractivity contribution < 1.29 is 38.9 Å². The first-order valence-electron chi connectivity index (χ1n) is 21.6. The molecule has 2 aromatic heterocycles. The average Bonchev–Trinajstić information content (AvgIpc) is 4.14. The van der Waals surface area contributed by atoms with Crippen molar-refractivity contribution in [3.05, 3.63) is 83.7 Å². The Labute approximate surface area is 360 Å². The van der Waals surface area contributed by atoms with Crippen LogP contribution in [0.25, 0.3) is 22.5 Å². The minimum absolute atomic E-state index is 0.101. The van der Waals surface area contributed by atoms with Crippen LogP contribution in [-0.2, 0) is 19.1 Å². The summed E-state index contributed by atoms with van der Waals surface area (Å²) in [4.78, 5) is 74.1. The molecular formula is C46H54N8O8. The molecule has 0 saturated carbocycles. The number of hydrogen-bond acceptors (Lipinski definition) is 8. The van der Waals surface area contributed by atoms with Gasteiger partial charge in [0.25, 0.3) is 0 Å². The Morgan fingerprint density at radius 2 is 1.00 bits per heavy atom. The van der Waals surface area contributed by atoms with Gasteiger partial charge in [0.15, 0.2) is 0 Å². The van der Waals surface area contributed by atoms with Crippen molar-refractivity contribution in [3.63, 3.8) is 0 Å². The molecule has 4 fully saturated rings. The van der Waals surface area contributed by atoms with E-state index in [1.54, 1.807) is 22.2 Å². The molecule has 6 heterocycles. The van der Waals surface area contributed by atoms with Crippen molar-refractivity contribution in [1.82, 2.24) is 39.5 Å². The molecule has 4 saturated heterocycles. The van der Waals surface area contributed by atoms with Gasteiger partial charge in [-0.2, -0.15) is 0 Å². The first-order chi connectivity index (χ1) is 30.1. The van der Waals surface area contributed by atoms with E-state index in [-0.39, 0.29) is 35.7 Å². The minimum Gasteiger partial charge on any atom is -0.465 e. The summed E-state index contributed by atoms with van der Waals surface area (Å²) >= 11 is 0. The van der Waals surface area contributed by atoms with Crippen LogP contribution >= 0.6 is 0 Å². The topological polar surface area (TPSA) is 198 Å². The molecule has 0 bridgehead atoms. The Balaban J connectivity index is 0.897. The number of aromatic amines is 2. The highest BCUT2D eigenvalue weighted by Crippen LogP contribution is 2.36. The zero-order chi connectivity index (χ0) is 43.3. The molecule has 4 atom stereocenters. The van der Waals surface area contributed by atoms with Gasteiger partial charge in [0, 0.05) is 64.7 Å². The summed E-state index contributed by atoms with van der Waals surface area (Å²) in [7, 11) is 2.96. The highest BCUT2D eigenvalue weighted by molar-refractivity contribution is 5.87. The molecule has 326 valence electrons. The van der Waals surface area contributed by atoms with Crippen molar-refractivity contribution in [1.29, 1.82) is 0 Å². The second-order valence-electron chi connectivity index (χ2n) is 16.7. The number of rotatable bonds is 10. The third-order valence-electron chi connectivity index (χ3n) is 13.0. The number of likely N-dealkylation sites (tertiary alicyclic amines) is 2. The van der Waals surface area contributed by atoms with E-state index in [2.05, 4.69) is 31.8 Å². The molecule has 4 N–H and O–H groups in total. The van der Waals surface area contributed by atoms with Gasteiger partial charge in [0.2, 0.25) is 11.8 Å². The van der Waals surface area contributed by atoms with E-state index in [1.807, 2.05) is 48.5 Å². The van der Waals surface area contributed by atoms with Gasteiger partial charge >= 0.3 is 12.2 Å². The summed E-state index contributed by atoms with van der Waals surface area (Å²) in [5.74, 6) is 7.30. The summed E-state index contributed by atoms with van der Waals surface area (Å²) in [5.41, 5.74) is 5.17. The quantitative estimate of drug-likeness (QED) is 0.137. The van der Waals surface area contributed by atoms with Crippen LogP contribution in [0.3, 0.4) is 0 Å². The Morgan fingerprint density at radius 3 is 1.35 bits per heavy atom. The van der Waals surface area contributed by atoms with Crippen LogP contribution in [0.5, 0.6) is 0 Å². The lowest BCUT2D eigenvalue weighted by atomic mass is 9.89. The Morgan fingerprint density at radius 1 is 0.629 bits per heavy atom. The van der Waals surface area contributed by atoms with E-state index in [1.165, 1.54) is 14.1 Å². The fraction of sp³-hybridized carbons (Fsp3) is 0.478. The molecule has 2 aromatic carbocycles. The minimum atomic E-state index is -1.12. The lowest BCUT2D eigenvalue weighted by Gasteiger charge is -2.37.